The molecule has 0 saturated heterocycles. The number of nitrogens with one attached hydrogen (secondary N) is 1. The van der Waals surface area contributed by atoms with Crippen LogP contribution in [0.3, 0.4) is 0 Å². The molecule has 4 rings (SSSR count). The van der Waals surface area contributed by atoms with E-state index in [0.29, 0.717) is 18.9 Å². The Bertz CT molecular complexity index is 718. The first-order valence-electron chi connectivity index (χ1n) is 6.11. The molecule has 0 saturated carbocycles. The van der Waals surface area contributed by atoms with Crippen molar-refractivity contribution in [3.8, 4) is 22.9 Å². The van der Waals surface area contributed by atoms with Crippen molar-refractivity contribution in [1.82, 2.24) is 15.0 Å². The van der Waals surface area contributed by atoms with E-state index in [9.17, 15) is 0 Å². The van der Waals surface area contributed by atoms with Crippen molar-refractivity contribution in [3.05, 3.63) is 36.5 Å². The van der Waals surface area contributed by atoms with Gasteiger partial charge < -0.3 is 14.5 Å². The summed E-state index contributed by atoms with van der Waals surface area (Å²) in [6, 6.07) is 9.63. The van der Waals surface area contributed by atoms with Gasteiger partial charge >= 0.3 is 0 Å². The van der Waals surface area contributed by atoms with Gasteiger partial charge in [-0.1, -0.05) is 6.07 Å². The van der Waals surface area contributed by atoms with Crippen LogP contribution < -0.4 is 9.47 Å². The fourth-order valence-corrected chi connectivity index (χ4v) is 2.23. The molecule has 19 heavy (non-hydrogen) atoms. The minimum atomic E-state index is 0.558. The molecule has 0 fully saturated rings. The lowest BCUT2D eigenvalue weighted by Gasteiger charge is -2.20. The molecule has 0 spiro atoms. The predicted octanol–water partition coefficient (Wildman–Crippen LogP) is 2.40. The smallest absolute Gasteiger partial charge is 0.178 e. The summed E-state index contributed by atoms with van der Waals surface area (Å²) in [5.41, 5.74) is 2.51. The van der Waals surface area contributed by atoms with Crippen molar-refractivity contribution in [2.75, 3.05) is 13.2 Å². The van der Waals surface area contributed by atoms with Crippen LogP contribution >= 0.6 is 0 Å². The summed E-state index contributed by atoms with van der Waals surface area (Å²) in [7, 11) is 0. The third-order valence-electron chi connectivity index (χ3n) is 3.08. The molecule has 0 amide bonds. The van der Waals surface area contributed by atoms with Crippen molar-refractivity contribution in [2.24, 2.45) is 0 Å². The Labute approximate surface area is 109 Å². The molecule has 0 aliphatic carbocycles. The van der Waals surface area contributed by atoms with E-state index in [-0.39, 0.29) is 0 Å². The fourth-order valence-electron chi connectivity index (χ4n) is 2.23. The largest absolute Gasteiger partial charge is 0.486 e. The Morgan fingerprint density at radius 3 is 2.95 bits per heavy atom. The first-order valence-corrected chi connectivity index (χ1v) is 6.11. The number of benzene rings is 1. The van der Waals surface area contributed by atoms with E-state index in [4.69, 9.17) is 9.47 Å². The van der Waals surface area contributed by atoms with Gasteiger partial charge in [0.05, 0.1) is 11.1 Å². The quantitative estimate of drug-likeness (QED) is 0.723. The molecule has 0 atom stereocenters. The number of aromatic nitrogens is 3. The number of pyridine rings is 1. The van der Waals surface area contributed by atoms with Gasteiger partial charge in [-0.2, -0.15) is 0 Å². The number of ether oxygens (including phenoxy) is 2. The zero-order chi connectivity index (χ0) is 12.7. The van der Waals surface area contributed by atoms with E-state index in [1.165, 1.54) is 0 Å². The zero-order valence-corrected chi connectivity index (χ0v) is 10.1. The van der Waals surface area contributed by atoms with Crippen LogP contribution in [0.2, 0.25) is 0 Å². The van der Waals surface area contributed by atoms with Crippen molar-refractivity contribution < 1.29 is 9.47 Å². The maximum absolute atomic E-state index is 5.70. The van der Waals surface area contributed by atoms with Gasteiger partial charge in [0.15, 0.2) is 17.1 Å². The average Bonchev–Trinajstić information content (AvgIpc) is 2.90. The average molecular weight is 253 g/mol. The van der Waals surface area contributed by atoms with Crippen LogP contribution in [0.5, 0.6) is 11.5 Å². The second-order valence-corrected chi connectivity index (χ2v) is 4.29. The van der Waals surface area contributed by atoms with Crippen molar-refractivity contribution in [1.29, 1.82) is 0 Å². The molecule has 1 N–H and O–H groups in total. The number of aromatic amines is 1. The fraction of sp³-hybridized carbons (Fsp3) is 0.143. The van der Waals surface area contributed by atoms with Crippen molar-refractivity contribution in [3.63, 3.8) is 0 Å². The molecule has 94 valence electrons. The topological polar surface area (TPSA) is 60.0 Å². The lowest BCUT2D eigenvalue weighted by molar-refractivity contribution is 0.172. The second-order valence-electron chi connectivity index (χ2n) is 4.29. The van der Waals surface area contributed by atoms with E-state index in [1.54, 1.807) is 6.20 Å². The van der Waals surface area contributed by atoms with Gasteiger partial charge in [0.1, 0.15) is 19.0 Å². The van der Waals surface area contributed by atoms with Crippen LogP contribution in [-0.4, -0.2) is 28.2 Å². The van der Waals surface area contributed by atoms with Gasteiger partial charge in [-0.3, -0.25) is 0 Å². The molecule has 1 aliphatic rings. The summed E-state index contributed by atoms with van der Waals surface area (Å²) in [5.74, 6) is 2.25. The van der Waals surface area contributed by atoms with Crippen LogP contribution in [0.4, 0.5) is 0 Å². The Morgan fingerprint density at radius 1 is 1.05 bits per heavy atom. The van der Waals surface area contributed by atoms with Crippen LogP contribution in [0.1, 0.15) is 0 Å². The monoisotopic (exact) mass is 253 g/mol. The highest BCUT2D eigenvalue weighted by molar-refractivity contribution is 5.78. The van der Waals surface area contributed by atoms with E-state index in [0.717, 1.165) is 28.4 Å². The first kappa shape index (κ1) is 10.4. The molecular weight excluding hydrogens is 242 g/mol. The summed E-state index contributed by atoms with van der Waals surface area (Å²) in [4.78, 5) is 12.0. The van der Waals surface area contributed by atoms with Gasteiger partial charge in [0, 0.05) is 6.20 Å². The van der Waals surface area contributed by atoms with Gasteiger partial charge in [-0.05, 0) is 24.3 Å². The third kappa shape index (κ3) is 1.62. The molecule has 2 aromatic heterocycles. The van der Waals surface area contributed by atoms with Gasteiger partial charge in [-0.15, -0.1) is 0 Å². The highest BCUT2D eigenvalue weighted by Gasteiger charge is 2.18. The SMILES string of the molecule is c1cc2c(c(-c3nc4ncccc4[nH]3)c1)OCCO2. The summed E-state index contributed by atoms with van der Waals surface area (Å²) in [6.07, 6.45) is 1.73. The summed E-state index contributed by atoms with van der Waals surface area (Å²) in [6.45, 7) is 1.14. The Kier molecular flexibility index (Phi) is 2.17. The third-order valence-corrected chi connectivity index (χ3v) is 3.08. The van der Waals surface area contributed by atoms with E-state index in [1.807, 2.05) is 30.3 Å². The zero-order valence-electron chi connectivity index (χ0n) is 10.1. The number of para-hydroxylation sites is 1. The Morgan fingerprint density at radius 2 is 2.00 bits per heavy atom. The summed E-state index contributed by atoms with van der Waals surface area (Å²) in [5, 5.41) is 0. The number of nitrogens with zero attached hydrogens (tertiary/aromatic N) is 2. The molecule has 1 aromatic carbocycles. The first-order chi connectivity index (χ1) is 9.42. The maximum Gasteiger partial charge on any atom is 0.178 e. The molecule has 1 aliphatic heterocycles. The molecule has 0 bridgehead atoms. The molecule has 0 unspecified atom stereocenters. The standard InChI is InChI=1S/C14H11N3O2/c1-3-9(12-11(5-1)18-7-8-19-12)13-16-10-4-2-6-15-14(10)17-13/h1-6H,7-8H2,(H,15,16,17). The number of fused-ring (bicyclic) bond motifs is 2. The van der Waals surface area contributed by atoms with Gasteiger partial charge in [-0.25, -0.2) is 9.97 Å². The summed E-state index contributed by atoms with van der Waals surface area (Å²) < 4.78 is 11.3. The van der Waals surface area contributed by atoms with E-state index >= 15 is 0 Å². The second kappa shape index (κ2) is 3.98. The number of H-pyrrole nitrogens is 1. The van der Waals surface area contributed by atoms with Gasteiger partial charge in [0.2, 0.25) is 0 Å². The Balaban J connectivity index is 1.92. The lowest BCUT2D eigenvalue weighted by atomic mass is 10.1. The van der Waals surface area contributed by atoms with E-state index < -0.39 is 0 Å². The number of hydrogen-bond donors (Lipinski definition) is 1. The molecule has 0 radical (unpaired) electrons. The molecule has 5 heteroatoms. The molecule has 5 nitrogen and oxygen atoms in total. The van der Waals surface area contributed by atoms with Crippen LogP contribution in [0, 0.1) is 0 Å². The van der Waals surface area contributed by atoms with Crippen molar-refractivity contribution in [2.45, 2.75) is 0 Å². The van der Waals surface area contributed by atoms with Gasteiger partial charge in [0.25, 0.3) is 0 Å². The highest BCUT2D eigenvalue weighted by atomic mass is 16.6. The van der Waals surface area contributed by atoms with Crippen LogP contribution in [0.15, 0.2) is 36.5 Å². The number of hydrogen-bond acceptors (Lipinski definition) is 4. The van der Waals surface area contributed by atoms with Crippen LogP contribution in [0.25, 0.3) is 22.6 Å². The minimum Gasteiger partial charge on any atom is -0.486 e. The minimum absolute atomic E-state index is 0.558. The molecular formula is C14H11N3O2. The predicted molar refractivity (Wildman–Crippen MR) is 70.3 cm³/mol. The number of imidazole rings is 1. The number of rotatable bonds is 1. The Hall–Kier alpha value is -2.56. The lowest BCUT2D eigenvalue weighted by Crippen LogP contribution is -2.15. The van der Waals surface area contributed by atoms with Crippen LogP contribution in [-0.2, 0) is 0 Å². The molecule has 3 aromatic rings. The maximum atomic E-state index is 5.70. The highest BCUT2D eigenvalue weighted by Crippen LogP contribution is 2.38. The normalized spacial score (nSPS) is 13.7. The summed E-state index contributed by atoms with van der Waals surface area (Å²) >= 11 is 0. The van der Waals surface area contributed by atoms with Crippen molar-refractivity contribution >= 4 is 11.2 Å². The van der Waals surface area contributed by atoms with E-state index in [2.05, 4.69) is 15.0 Å². The molecule has 3 heterocycles.